The van der Waals surface area contributed by atoms with Gasteiger partial charge in [0, 0.05) is 36.6 Å². The molecule has 0 spiro atoms. The molecule has 0 atom stereocenters. The van der Waals surface area contributed by atoms with Gasteiger partial charge in [-0.25, -0.2) is 4.98 Å². The van der Waals surface area contributed by atoms with Crippen molar-refractivity contribution >= 4 is 5.91 Å². The molecule has 128 valence electrons. The van der Waals surface area contributed by atoms with Crippen LogP contribution in [-0.2, 0) is 30.5 Å². The molecule has 24 heavy (non-hydrogen) atoms. The van der Waals surface area contributed by atoms with Crippen molar-refractivity contribution in [1.82, 2.24) is 25.1 Å². The monoisotopic (exact) mass is 341 g/mol. The number of carbonyl (C=O) groups is 1. The average Bonchev–Trinajstić information content (AvgIpc) is 2.95. The lowest BCUT2D eigenvalue weighted by Gasteiger charge is -2.15. The molecule has 0 aliphatic carbocycles. The Labute approximate surface area is 134 Å². The number of halogens is 3. The first-order valence-electron chi connectivity index (χ1n) is 7.24. The van der Waals surface area contributed by atoms with Crippen LogP contribution in [0.2, 0.25) is 0 Å². The molecule has 0 bridgehead atoms. The molecule has 0 fully saturated rings. The number of rotatable bonds is 4. The van der Waals surface area contributed by atoms with Crippen LogP contribution in [-0.4, -0.2) is 38.8 Å². The SMILES string of the molecule is O=C(NCCn1nc(C(F)(F)F)c2c1CCOC2)c1cnccn1. The summed E-state index contributed by atoms with van der Waals surface area (Å²) < 4.78 is 45.5. The Hall–Kier alpha value is -2.49. The molecule has 10 heteroatoms. The highest BCUT2D eigenvalue weighted by molar-refractivity contribution is 5.91. The van der Waals surface area contributed by atoms with Crippen LogP contribution in [0.15, 0.2) is 18.6 Å². The third-order valence-corrected chi connectivity index (χ3v) is 3.57. The van der Waals surface area contributed by atoms with Gasteiger partial charge in [-0.3, -0.25) is 14.5 Å². The van der Waals surface area contributed by atoms with Crippen LogP contribution in [0.1, 0.15) is 27.4 Å². The highest BCUT2D eigenvalue weighted by Gasteiger charge is 2.39. The summed E-state index contributed by atoms with van der Waals surface area (Å²) in [5.41, 5.74) is -0.196. The maximum absolute atomic E-state index is 13.0. The van der Waals surface area contributed by atoms with Gasteiger partial charge >= 0.3 is 6.18 Å². The van der Waals surface area contributed by atoms with E-state index in [1.54, 1.807) is 0 Å². The number of amides is 1. The van der Waals surface area contributed by atoms with E-state index >= 15 is 0 Å². The van der Waals surface area contributed by atoms with E-state index in [4.69, 9.17) is 4.74 Å². The number of alkyl halides is 3. The lowest BCUT2D eigenvalue weighted by molar-refractivity contribution is -0.142. The van der Waals surface area contributed by atoms with E-state index < -0.39 is 17.8 Å². The minimum Gasteiger partial charge on any atom is -0.376 e. The third kappa shape index (κ3) is 3.37. The maximum atomic E-state index is 13.0. The molecule has 2 aromatic heterocycles. The molecule has 1 aliphatic rings. The first-order chi connectivity index (χ1) is 11.5. The Balaban J connectivity index is 1.69. The largest absolute Gasteiger partial charge is 0.435 e. The van der Waals surface area contributed by atoms with Gasteiger partial charge in [0.05, 0.1) is 26.0 Å². The number of hydrogen-bond acceptors (Lipinski definition) is 5. The van der Waals surface area contributed by atoms with Crippen LogP contribution < -0.4 is 5.32 Å². The van der Waals surface area contributed by atoms with E-state index in [1.165, 1.54) is 23.3 Å². The van der Waals surface area contributed by atoms with Crippen molar-refractivity contribution < 1.29 is 22.7 Å². The fraction of sp³-hybridized carbons (Fsp3) is 0.429. The van der Waals surface area contributed by atoms with Crippen molar-refractivity contribution in [2.75, 3.05) is 13.2 Å². The molecule has 0 saturated carbocycles. The molecular weight excluding hydrogens is 327 g/mol. The standard InChI is InChI=1S/C14H14F3N5O2/c15-14(16,17)12-9-8-24-6-1-11(9)22(21-12)5-4-20-13(23)10-7-18-2-3-19-10/h2-3,7H,1,4-6,8H2,(H,20,23). The number of ether oxygens (including phenoxy) is 1. The van der Waals surface area contributed by atoms with Gasteiger partial charge in [0.1, 0.15) is 5.69 Å². The summed E-state index contributed by atoms with van der Waals surface area (Å²) in [5, 5.41) is 6.25. The van der Waals surface area contributed by atoms with Gasteiger partial charge in [0.2, 0.25) is 0 Å². The summed E-state index contributed by atoms with van der Waals surface area (Å²) in [7, 11) is 0. The molecule has 0 aromatic carbocycles. The van der Waals surface area contributed by atoms with Gasteiger partial charge in [0.25, 0.3) is 5.91 Å². The quantitative estimate of drug-likeness (QED) is 0.903. The Kier molecular flexibility index (Phi) is 4.47. The maximum Gasteiger partial charge on any atom is 0.435 e. The van der Waals surface area contributed by atoms with Crippen LogP contribution in [0.25, 0.3) is 0 Å². The number of nitrogens with zero attached hydrogens (tertiary/aromatic N) is 4. The summed E-state index contributed by atoms with van der Waals surface area (Å²) in [6.07, 6.45) is -0.0401. The minimum absolute atomic E-state index is 0.0778. The summed E-state index contributed by atoms with van der Waals surface area (Å²) in [6, 6.07) is 0. The van der Waals surface area contributed by atoms with E-state index in [2.05, 4.69) is 20.4 Å². The first-order valence-corrected chi connectivity index (χ1v) is 7.24. The second-order valence-electron chi connectivity index (χ2n) is 5.14. The Bertz CT molecular complexity index is 730. The summed E-state index contributed by atoms with van der Waals surface area (Å²) >= 11 is 0. The second-order valence-corrected chi connectivity index (χ2v) is 5.14. The number of nitrogens with one attached hydrogen (secondary N) is 1. The van der Waals surface area contributed by atoms with Crippen LogP contribution in [0.4, 0.5) is 13.2 Å². The molecule has 0 radical (unpaired) electrons. The van der Waals surface area contributed by atoms with E-state index in [0.29, 0.717) is 18.7 Å². The Morgan fingerprint density at radius 3 is 2.92 bits per heavy atom. The highest BCUT2D eigenvalue weighted by atomic mass is 19.4. The average molecular weight is 341 g/mol. The zero-order valence-electron chi connectivity index (χ0n) is 12.5. The fourth-order valence-electron chi connectivity index (χ4n) is 2.50. The molecular formula is C14H14F3N5O2. The predicted molar refractivity (Wildman–Crippen MR) is 75.0 cm³/mol. The van der Waals surface area contributed by atoms with E-state index in [-0.39, 0.29) is 31.0 Å². The number of aromatic nitrogens is 4. The summed E-state index contributed by atoms with van der Waals surface area (Å²) in [4.78, 5) is 19.5. The van der Waals surface area contributed by atoms with Crippen molar-refractivity contribution in [3.63, 3.8) is 0 Å². The molecule has 2 aromatic rings. The topological polar surface area (TPSA) is 81.9 Å². The third-order valence-electron chi connectivity index (χ3n) is 3.57. The molecule has 0 saturated heterocycles. The first kappa shape index (κ1) is 16.4. The highest BCUT2D eigenvalue weighted by Crippen LogP contribution is 2.34. The van der Waals surface area contributed by atoms with Gasteiger partial charge in [-0.05, 0) is 0 Å². The molecule has 1 N–H and O–H groups in total. The molecule has 0 unspecified atom stereocenters. The van der Waals surface area contributed by atoms with E-state index in [1.807, 2.05) is 0 Å². The van der Waals surface area contributed by atoms with Gasteiger partial charge < -0.3 is 10.1 Å². The molecule has 3 rings (SSSR count). The van der Waals surface area contributed by atoms with Gasteiger partial charge in [-0.15, -0.1) is 0 Å². The van der Waals surface area contributed by atoms with Crippen LogP contribution in [0.5, 0.6) is 0 Å². The van der Waals surface area contributed by atoms with Crippen LogP contribution in [0.3, 0.4) is 0 Å². The smallest absolute Gasteiger partial charge is 0.376 e. The lowest BCUT2D eigenvalue weighted by Crippen LogP contribution is -2.29. The van der Waals surface area contributed by atoms with Crippen molar-refractivity contribution in [1.29, 1.82) is 0 Å². The van der Waals surface area contributed by atoms with Crippen LogP contribution in [0, 0.1) is 0 Å². The molecule has 1 aliphatic heterocycles. The van der Waals surface area contributed by atoms with Gasteiger partial charge in [0.15, 0.2) is 5.69 Å². The van der Waals surface area contributed by atoms with Crippen molar-refractivity contribution in [2.45, 2.75) is 25.7 Å². The second kappa shape index (κ2) is 6.56. The molecule has 3 heterocycles. The summed E-state index contributed by atoms with van der Waals surface area (Å²) in [5.74, 6) is -0.441. The normalized spacial score (nSPS) is 14.3. The van der Waals surface area contributed by atoms with E-state index in [9.17, 15) is 18.0 Å². The Morgan fingerprint density at radius 2 is 2.21 bits per heavy atom. The lowest BCUT2D eigenvalue weighted by atomic mass is 10.1. The predicted octanol–water partition coefficient (Wildman–Crippen LogP) is 1.19. The number of hydrogen-bond donors (Lipinski definition) is 1. The fourth-order valence-corrected chi connectivity index (χ4v) is 2.50. The summed E-state index contributed by atoms with van der Waals surface area (Å²) in [6.45, 7) is 0.504. The zero-order chi connectivity index (χ0) is 17.2. The molecule has 1 amide bonds. The van der Waals surface area contributed by atoms with E-state index in [0.717, 1.165) is 0 Å². The van der Waals surface area contributed by atoms with Crippen LogP contribution >= 0.6 is 0 Å². The number of fused-ring (bicyclic) bond motifs is 1. The van der Waals surface area contributed by atoms with Crippen molar-refractivity contribution in [2.24, 2.45) is 0 Å². The van der Waals surface area contributed by atoms with Gasteiger partial charge in [-0.2, -0.15) is 18.3 Å². The molecule has 7 nitrogen and oxygen atoms in total. The van der Waals surface area contributed by atoms with Gasteiger partial charge in [-0.1, -0.05) is 0 Å². The van der Waals surface area contributed by atoms with Crippen molar-refractivity contribution in [3.05, 3.63) is 41.2 Å². The Morgan fingerprint density at radius 1 is 1.38 bits per heavy atom. The van der Waals surface area contributed by atoms with Crippen molar-refractivity contribution in [3.8, 4) is 0 Å². The number of carbonyl (C=O) groups excluding carboxylic acids is 1. The zero-order valence-corrected chi connectivity index (χ0v) is 12.5. The minimum atomic E-state index is -4.53.